The van der Waals surface area contributed by atoms with Gasteiger partial charge in [-0.15, -0.1) is 0 Å². The highest BCUT2D eigenvalue weighted by Crippen LogP contribution is 2.34. The van der Waals surface area contributed by atoms with E-state index in [9.17, 15) is 23.9 Å². The lowest BCUT2D eigenvalue weighted by Gasteiger charge is -2.38. The Labute approximate surface area is 178 Å². The number of nitrogens with zero attached hydrogens (tertiary/aromatic N) is 2. The molecule has 0 unspecified atom stereocenters. The van der Waals surface area contributed by atoms with E-state index in [0.29, 0.717) is 25.7 Å². The Morgan fingerprint density at radius 2 is 1.73 bits per heavy atom. The highest BCUT2D eigenvalue weighted by Gasteiger charge is 2.45. The molecular weight excluding hydrogens is 393 g/mol. The topological polar surface area (TPSA) is 99.2 Å². The lowest BCUT2D eigenvalue weighted by Crippen LogP contribution is -2.58. The number of nitrogens with one attached hydrogen (secondary N) is 1. The molecular formula is C21H36FN3O5. The van der Waals surface area contributed by atoms with Gasteiger partial charge in [0, 0.05) is 20.6 Å². The number of hydrogen-bond donors (Lipinski definition) is 2. The summed E-state index contributed by atoms with van der Waals surface area (Å²) in [5, 5.41) is 12.5. The van der Waals surface area contributed by atoms with Gasteiger partial charge in [0.2, 0.25) is 11.8 Å². The molecule has 8 nitrogen and oxygen atoms in total. The first kappa shape index (κ1) is 24.4. The van der Waals surface area contributed by atoms with Gasteiger partial charge in [0.15, 0.2) is 0 Å². The van der Waals surface area contributed by atoms with E-state index in [-0.39, 0.29) is 31.3 Å². The largest absolute Gasteiger partial charge is 0.444 e. The molecule has 3 atom stereocenters. The Kier molecular flexibility index (Phi) is 8.07. The van der Waals surface area contributed by atoms with Gasteiger partial charge in [0.1, 0.15) is 17.8 Å². The maximum absolute atomic E-state index is 13.8. The smallest absolute Gasteiger partial charge is 0.408 e. The van der Waals surface area contributed by atoms with Crippen molar-refractivity contribution in [3.05, 3.63) is 0 Å². The highest BCUT2D eigenvalue weighted by molar-refractivity contribution is 5.92. The molecule has 0 bridgehead atoms. The average molecular weight is 430 g/mol. The maximum atomic E-state index is 13.8. The van der Waals surface area contributed by atoms with Gasteiger partial charge in [0.25, 0.3) is 0 Å². The molecule has 172 valence electrons. The summed E-state index contributed by atoms with van der Waals surface area (Å²) in [5.41, 5.74) is -0.772. The van der Waals surface area contributed by atoms with Crippen molar-refractivity contribution in [1.82, 2.24) is 15.1 Å². The standard InChI is InChI=1S/C21H36FN3O5/c1-21(2,3)30-20(29)23-17(19(28)25-11-10-14(22)12-25)16(18(27)24(4)5)13-6-8-15(26)9-7-13/h13-17,26H,6-12H2,1-5H3,(H,23,29)/t13?,14-,15?,16-,17-/m0/s1. The first-order valence-electron chi connectivity index (χ1n) is 10.7. The quantitative estimate of drug-likeness (QED) is 0.693. The van der Waals surface area contributed by atoms with Crippen LogP contribution in [0.4, 0.5) is 9.18 Å². The molecule has 30 heavy (non-hydrogen) atoms. The van der Waals surface area contributed by atoms with Crippen LogP contribution in [-0.2, 0) is 14.3 Å². The fourth-order valence-corrected chi connectivity index (χ4v) is 4.23. The van der Waals surface area contributed by atoms with Crippen LogP contribution in [0.3, 0.4) is 0 Å². The molecule has 2 fully saturated rings. The number of likely N-dealkylation sites (tertiary alicyclic amines) is 1. The third-order valence-electron chi connectivity index (χ3n) is 5.71. The number of ether oxygens (including phenoxy) is 1. The van der Waals surface area contributed by atoms with E-state index in [1.165, 1.54) is 9.80 Å². The second-order valence-electron chi connectivity index (χ2n) is 9.62. The van der Waals surface area contributed by atoms with E-state index in [0.717, 1.165) is 0 Å². The van der Waals surface area contributed by atoms with Gasteiger partial charge >= 0.3 is 6.09 Å². The van der Waals surface area contributed by atoms with E-state index < -0.39 is 41.8 Å². The third kappa shape index (κ3) is 6.55. The van der Waals surface area contributed by atoms with Crippen molar-refractivity contribution in [2.24, 2.45) is 11.8 Å². The number of aliphatic hydroxyl groups is 1. The third-order valence-corrected chi connectivity index (χ3v) is 5.71. The number of halogens is 1. The maximum Gasteiger partial charge on any atom is 0.408 e. The molecule has 1 saturated heterocycles. The summed E-state index contributed by atoms with van der Waals surface area (Å²) >= 11 is 0. The van der Waals surface area contributed by atoms with Gasteiger partial charge in [0.05, 0.1) is 18.6 Å². The van der Waals surface area contributed by atoms with E-state index >= 15 is 0 Å². The van der Waals surface area contributed by atoms with Crippen molar-refractivity contribution < 1.29 is 28.6 Å². The molecule has 0 aromatic carbocycles. The van der Waals surface area contributed by atoms with Crippen LogP contribution in [0.15, 0.2) is 0 Å². The van der Waals surface area contributed by atoms with Crippen LogP contribution in [0.2, 0.25) is 0 Å². The molecule has 3 amide bonds. The Balaban J connectivity index is 2.33. The summed E-state index contributed by atoms with van der Waals surface area (Å²) in [6.45, 7) is 5.34. The number of hydrogen-bond acceptors (Lipinski definition) is 5. The van der Waals surface area contributed by atoms with Crippen LogP contribution in [0.1, 0.15) is 52.9 Å². The molecule has 0 radical (unpaired) electrons. The van der Waals surface area contributed by atoms with Crippen molar-refractivity contribution in [2.45, 2.75) is 76.8 Å². The minimum atomic E-state index is -1.15. The molecule has 1 saturated carbocycles. The van der Waals surface area contributed by atoms with Crippen LogP contribution >= 0.6 is 0 Å². The Bertz CT molecular complexity index is 629. The molecule has 9 heteroatoms. The normalized spacial score (nSPS) is 26.6. The van der Waals surface area contributed by atoms with Crippen molar-refractivity contribution in [2.75, 3.05) is 27.2 Å². The Morgan fingerprint density at radius 3 is 2.20 bits per heavy atom. The average Bonchev–Trinajstić information content (AvgIpc) is 3.06. The van der Waals surface area contributed by atoms with Gasteiger partial charge in [-0.1, -0.05) is 0 Å². The van der Waals surface area contributed by atoms with Crippen molar-refractivity contribution >= 4 is 17.9 Å². The molecule has 1 heterocycles. The van der Waals surface area contributed by atoms with Gasteiger partial charge in [-0.3, -0.25) is 9.59 Å². The summed E-state index contributed by atoms with van der Waals surface area (Å²) in [6, 6.07) is -1.15. The summed E-state index contributed by atoms with van der Waals surface area (Å²) in [6.07, 6.45) is 0.126. The molecule has 1 aliphatic carbocycles. The van der Waals surface area contributed by atoms with Gasteiger partial charge in [-0.05, 0) is 58.8 Å². The number of rotatable bonds is 5. The molecule has 1 aliphatic heterocycles. The molecule has 2 N–H and O–H groups in total. The SMILES string of the molecule is CN(C)C(=O)[C@@H](C1CCC(O)CC1)[C@H](NC(=O)OC(C)(C)C)C(=O)N1CC[C@H](F)C1. The molecule has 2 rings (SSSR count). The van der Waals surface area contributed by atoms with Crippen molar-refractivity contribution in [3.63, 3.8) is 0 Å². The fourth-order valence-electron chi connectivity index (χ4n) is 4.23. The minimum Gasteiger partial charge on any atom is -0.444 e. The molecule has 2 aliphatic rings. The summed E-state index contributed by atoms with van der Waals surface area (Å²) < 4.78 is 19.1. The lowest BCUT2D eigenvalue weighted by atomic mass is 9.74. The second kappa shape index (κ2) is 9.94. The lowest BCUT2D eigenvalue weighted by molar-refractivity contribution is -0.144. The number of aliphatic hydroxyl groups excluding tert-OH is 1. The first-order chi connectivity index (χ1) is 13.9. The fraction of sp³-hybridized carbons (Fsp3) is 0.857. The van der Waals surface area contributed by atoms with E-state index in [1.54, 1.807) is 34.9 Å². The first-order valence-corrected chi connectivity index (χ1v) is 10.7. The molecule has 0 spiro atoms. The Hall–Kier alpha value is -1.90. The zero-order valence-corrected chi connectivity index (χ0v) is 18.7. The molecule has 0 aromatic rings. The van der Waals surface area contributed by atoms with Crippen LogP contribution < -0.4 is 5.32 Å². The summed E-state index contributed by atoms with van der Waals surface area (Å²) in [4.78, 5) is 41.8. The minimum absolute atomic E-state index is 0.0441. The summed E-state index contributed by atoms with van der Waals surface area (Å²) in [5.74, 6) is -1.74. The number of alkyl carbamates (subject to hydrolysis) is 1. The Morgan fingerprint density at radius 1 is 1.13 bits per heavy atom. The predicted octanol–water partition coefficient (Wildman–Crippen LogP) is 1.71. The van der Waals surface area contributed by atoms with Crippen LogP contribution in [0.5, 0.6) is 0 Å². The number of carbonyl (C=O) groups is 3. The summed E-state index contributed by atoms with van der Waals surface area (Å²) in [7, 11) is 3.21. The van der Waals surface area contributed by atoms with E-state index in [2.05, 4.69) is 5.32 Å². The van der Waals surface area contributed by atoms with E-state index in [1.807, 2.05) is 0 Å². The van der Waals surface area contributed by atoms with Crippen LogP contribution in [0.25, 0.3) is 0 Å². The monoisotopic (exact) mass is 429 g/mol. The number of amides is 3. The van der Waals surface area contributed by atoms with Crippen molar-refractivity contribution in [1.29, 1.82) is 0 Å². The number of carbonyl (C=O) groups excluding carboxylic acids is 3. The highest BCUT2D eigenvalue weighted by atomic mass is 19.1. The van der Waals surface area contributed by atoms with Crippen LogP contribution in [-0.4, -0.2) is 83.9 Å². The predicted molar refractivity (Wildman–Crippen MR) is 109 cm³/mol. The zero-order chi connectivity index (χ0) is 22.6. The number of alkyl halides is 1. The molecule has 0 aromatic heterocycles. The van der Waals surface area contributed by atoms with Gasteiger partial charge in [-0.25, -0.2) is 9.18 Å². The second-order valence-corrected chi connectivity index (χ2v) is 9.62. The zero-order valence-electron chi connectivity index (χ0n) is 18.7. The van der Waals surface area contributed by atoms with Crippen LogP contribution in [0, 0.1) is 11.8 Å². The van der Waals surface area contributed by atoms with Gasteiger partial charge in [-0.2, -0.15) is 0 Å². The van der Waals surface area contributed by atoms with Crippen molar-refractivity contribution in [3.8, 4) is 0 Å². The van der Waals surface area contributed by atoms with E-state index in [4.69, 9.17) is 4.74 Å². The van der Waals surface area contributed by atoms with Gasteiger partial charge < -0.3 is 25.0 Å².